The first kappa shape index (κ1) is 39.2. The molecule has 0 aliphatic rings. The van der Waals surface area contributed by atoms with Crippen molar-refractivity contribution in [2.24, 2.45) is 0 Å². The predicted molar refractivity (Wildman–Crippen MR) is 193 cm³/mol. The van der Waals surface area contributed by atoms with E-state index in [9.17, 15) is 9.59 Å². The van der Waals surface area contributed by atoms with Gasteiger partial charge in [-0.05, 0) is 25.0 Å². The molecule has 46 heavy (non-hydrogen) atoms. The third-order valence-corrected chi connectivity index (χ3v) is 8.57. The van der Waals surface area contributed by atoms with Crippen molar-refractivity contribution in [2.75, 3.05) is 13.1 Å². The van der Waals surface area contributed by atoms with Gasteiger partial charge in [-0.25, -0.2) is 9.59 Å². The zero-order valence-electron chi connectivity index (χ0n) is 29.2. The molecule has 0 radical (unpaired) electrons. The Hall–Kier alpha value is -3.02. The van der Waals surface area contributed by atoms with Gasteiger partial charge in [-0.1, -0.05) is 179 Å². The van der Waals surface area contributed by atoms with Crippen LogP contribution in [-0.4, -0.2) is 25.3 Å². The predicted octanol–water partition coefficient (Wildman–Crippen LogP) is 12.2. The summed E-state index contributed by atoms with van der Waals surface area (Å²) in [6.45, 7) is 5.67. The maximum Gasteiger partial charge on any atom is 0.412 e. The Morgan fingerprint density at radius 3 is 1.04 bits per heavy atom. The third kappa shape index (κ3) is 18.8. The highest BCUT2D eigenvalue weighted by atomic mass is 16.6. The third-order valence-electron chi connectivity index (χ3n) is 8.57. The van der Waals surface area contributed by atoms with Gasteiger partial charge in [-0.3, -0.25) is 0 Å². The minimum Gasteiger partial charge on any atom is -0.410 e. The van der Waals surface area contributed by atoms with Crippen LogP contribution in [0.5, 0.6) is 11.5 Å². The molecule has 258 valence electrons. The molecular formula is C40H64N2O4. The number of carbonyl (C=O) groups is 2. The van der Waals surface area contributed by atoms with Crippen LogP contribution in [0.4, 0.5) is 9.59 Å². The van der Waals surface area contributed by atoms with E-state index in [2.05, 4.69) is 24.5 Å². The summed E-state index contributed by atoms with van der Waals surface area (Å²) in [6, 6.07) is 14.7. The van der Waals surface area contributed by atoms with Gasteiger partial charge < -0.3 is 20.1 Å². The van der Waals surface area contributed by atoms with Gasteiger partial charge in [0, 0.05) is 24.2 Å². The lowest BCUT2D eigenvalue weighted by molar-refractivity contribution is 0.198. The van der Waals surface area contributed by atoms with Crippen molar-refractivity contribution < 1.29 is 19.1 Å². The van der Waals surface area contributed by atoms with Gasteiger partial charge in [0.2, 0.25) is 0 Å². The average Bonchev–Trinajstić information content (AvgIpc) is 3.06. The number of rotatable bonds is 27. The second-order valence-corrected chi connectivity index (χ2v) is 12.7. The zero-order chi connectivity index (χ0) is 32.9. The maximum atomic E-state index is 12.6. The number of benzene rings is 2. The fourth-order valence-electron chi connectivity index (χ4n) is 5.79. The Kier molecular flexibility index (Phi) is 23.1. The summed E-state index contributed by atoms with van der Waals surface area (Å²) in [5.41, 5.74) is 1.39. The van der Waals surface area contributed by atoms with E-state index in [0.29, 0.717) is 35.7 Å². The van der Waals surface area contributed by atoms with E-state index in [0.717, 1.165) is 25.7 Å². The molecule has 0 spiro atoms. The molecule has 2 N–H and O–H groups in total. The van der Waals surface area contributed by atoms with Gasteiger partial charge >= 0.3 is 12.2 Å². The lowest BCUT2D eigenvalue weighted by atomic mass is 10.0. The van der Waals surface area contributed by atoms with Crippen LogP contribution in [0.15, 0.2) is 48.5 Å². The van der Waals surface area contributed by atoms with Crippen molar-refractivity contribution in [3.8, 4) is 22.6 Å². The molecular weight excluding hydrogens is 572 g/mol. The monoisotopic (exact) mass is 636 g/mol. The summed E-state index contributed by atoms with van der Waals surface area (Å²) in [6.07, 6.45) is 27.2. The molecule has 0 aromatic heterocycles. The standard InChI is InChI=1S/C40H64N2O4/c1-3-5-7-9-11-12-13-14-15-16-17-18-19-20-22-28-34-42-40(44)46-38-32-26-24-30-36(38)35-29-23-25-31-37(35)45-39(43)41-33-27-21-10-8-6-4-2/h23-26,29-32H,3-22,27-28,33-34H2,1-2H3,(H,41,43)(H,42,44). The highest BCUT2D eigenvalue weighted by Gasteiger charge is 2.16. The van der Waals surface area contributed by atoms with Crippen molar-refractivity contribution in [3.63, 3.8) is 0 Å². The van der Waals surface area contributed by atoms with Crippen molar-refractivity contribution >= 4 is 12.2 Å². The first-order chi connectivity index (χ1) is 22.7. The maximum absolute atomic E-state index is 12.6. The topological polar surface area (TPSA) is 76.7 Å². The van der Waals surface area contributed by atoms with Crippen LogP contribution in [0, 0.1) is 0 Å². The smallest absolute Gasteiger partial charge is 0.410 e. The van der Waals surface area contributed by atoms with Gasteiger partial charge in [-0.15, -0.1) is 0 Å². The molecule has 6 heteroatoms. The van der Waals surface area contributed by atoms with Gasteiger partial charge in [0.15, 0.2) is 0 Å². The summed E-state index contributed by atoms with van der Waals surface area (Å²) in [5, 5.41) is 5.75. The molecule has 0 aliphatic heterocycles. The molecule has 6 nitrogen and oxygen atoms in total. The van der Waals surface area contributed by atoms with Crippen molar-refractivity contribution in [2.45, 2.75) is 155 Å². The summed E-state index contributed by atoms with van der Waals surface area (Å²) in [5.74, 6) is 0.850. The van der Waals surface area contributed by atoms with Crippen LogP contribution in [-0.2, 0) is 0 Å². The van der Waals surface area contributed by atoms with Crippen LogP contribution in [0.3, 0.4) is 0 Å². The van der Waals surface area contributed by atoms with Crippen molar-refractivity contribution in [1.29, 1.82) is 0 Å². The molecule has 0 saturated carbocycles. The van der Waals surface area contributed by atoms with E-state index in [1.54, 1.807) is 12.1 Å². The lowest BCUT2D eigenvalue weighted by Crippen LogP contribution is -2.28. The van der Waals surface area contributed by atoms with E-state index in [-0.39, 0.29) is 0 Å². The van der Waals surface area contributed by atoms with Crippen molar-refractivity contribution in [3.05, 3.63) is 48.5 Å². The lowest BCUT2D eigenvalue weighted by Gasteiger charge is -2.14. The normalized spacial score (nSPS) is 10.9. The van der Waals surface area contributed by atoms with Crippen LogP contribution in [0.1, 0.15) is 155 Å². The highest BCUT2D eigenvalue weighted by molar-refractivity contribution is 5.82. The van der Waals surface area contributed by atoms with E-state index >= 15 is 0 Å². The number of ether oxygens (including phenoxy) is 2. The molecule has 2 rings (SSSR count). The summed E-state index contributed by atoms with van der Waals surface area (Å²) in [7, 11) is 0. The molecule has 2 amide bonds. The second-order valence-electron chi connectivity index (χ2n) is 12.7. The SMILES string of the molecule is CCCCCCCCCCCCCCCCCCNC(=O)Oc1ccccc1-c1ccccc1OC(=O)NCCCCCCCC. The Morgan fingerprint density at radius 1 is 0.435 bits per heavy atom. The largest absolute Gasteiger partial charge is 0.412 e. The van der Waals surface area contributed by atoms with Crippen LogP contribution in [0.2, 0.25) is 0 Å². The van der Waals surface area contributed by atoms with Gasteiger partial charge in [0.1, 0.15) is 11.5 Å². The van der Waals surface area contributed by atoms with Crippen LogP contribution >= 0.6 is 0 Å². The minimum absolute atomic E-state index is 0.424. The summed E-state index contributed by atoms with van der Waals surface area (Å²) >= 11 is 0. The van der Waals surface area contributed by atoms with Crippen LogP contribution in [0.25, 0.3) is 11.1 Å². The highest BCUT2D eigenvalue weighted by Crippen LogP contribution is 2.36. The molecule has 0 unspecified atom stereocenters. The quantitative estimate of drug-likeness (QED) is 0.0957. The fraction of sp³-hybridized carbons (Fsp3) is 0.650. The Balaban J connectivity index is 1.61. The Bertz CT molecular complexity index is 1060. The number of nitrogens with one attached hydrogen (secondary N) is 2. The number of hydrogen-bond acceptors (Lipinski definition) is 4. The number of hydrogen-bond donors (Lipinski definition) is 2. The van der Waals surface area contributed by atoms with Crippen LogP contribution < -0.4 is 20.1 Å². The summed E-state index contributed by atoms with van der Waals surface area (Å²) < 4.78 is 11.4. The van der Waals surface area contributed by atoms with Gasteiger partial charge in [0.05, 0.1) is 0 Å². The zero-order valence-corrected chi connectivity index (χ0v) is 29.2. The number of unbranched alkanes of at least 4 members (excludes halogenated alkanes) is 20. The number of para-hydroxylation sites is 2. The van der Waals surface area contributed by atoms with E-state index in [1.165, 1.54) is 116 Å². The van der Waals surface area contributed by atoms with E-state index in [4.69, 9.17) is 9.47 Å². The molecule has 0 fully saturated rings. The Morgan fingerprint density at radius 2 is 0.717 bits per heavy atom. The van der Waals surface area contributed by atoms with Crippen molar-refractivity contribution in [1.82, 2.24) is 10.6 Å². The second kappa shape index (κ2) is 27.1. The molecule has 0 atom stereocenters. The number of carbonyl (C=O) groups excluding carboxylic acids is 2. The molecule has 0 bridgehead atoms. The molecule has 2 aromatic carbocycles. The first-order valence-electron chi connectivity index (χ1n) is 18.8. The average molecular weight is 637 g/mol. The van der Waals surface area contributed by atoms with Gasteiger partial charge in [-0.2, -0.15) is 0 Å². The minimum atomic E-state index is -0.476. The first-order valence-corrected chi connectivity index (χ1v) is 18.8. The van der Waals surface area contributed by atoms with Gasteiger partial charge in [0.25, 0.3) is 0 Å². The summed E-state index contributed by atoms with van der Waals surface area (Å²) in [4.78, 5) is 25.1. The number of amides is 2. The van der Waals surface area contributed by atoms with E-state index in [1.807, 2.05) is 36.4 Å². The molecule has 0 heterocycles. The van der Waals surface area contributed by atoms with E-state index < -0.39 is 12.2 Å². The molecule has 0 aliphatic carbocycles. The Labute approximate surface area is 280 Å². The molecule has 2 aromatic rings. The molecule has 0 saturated heterocycles. The fourth-order valence-corrected chi connectivity index (χ4v) is 5.79.